The number of hydrogen-bond donors (Lipinski definition) is 2. The lowest BCUT2D eigenvalue weighted by Crippen LogP contribution is -2.30. The number of unbranched alkanes of at least 4 members (excludes halogenated alkanes) is 25. The second-order valence-corrected chi connectivity index (χ2v) is 21.6. The van der Waals surface area contributed by atoms with Crippen LogP contribution in [0.5, 0.6) is 0 Å². The van der Waals surface area contributed by atoms with Gasteiger partial charge < -0.3 is 24.2 Å². The molecular formula is C64H111O11P. The minimum Gasteiger partial charge on any atom is -0.462 e. The van der Waals surface area contributed by atoms with Crippen LogP contribution >= 0.6 is 7.82 Å². The van der Waals surface area contributed by atoms with Gasteiger partial charge in [0.1, 0.15) is 12.7 Å². The zero-order chi connectivity index (χ0) is 55.5. The van der Waals surface area contributed by atoms with Crippen molar-refractivity contribution in [3.63, 3.8) is 0 Å². The molecule has 0 fully saturated rings. The largest absolute Gasteiger partial charge is 0.472 e. The standard InChI is InChI=1S/C64H111O11P/c1-4-7-10-13-16-19-22-25-27-29-30-32-33-36-38-41-44-47-50-53-62(66)71-57-61(75-64(68)55-52-49-46-43-40-37-34-31-28-26-23-20-17-14-11-8-5-2)59-73-76(69,70)72-58-60(56-65)74-63(67)54-51-48-45-42-39-35-24-21-18-15-12-9-6-3/h8,11-12,15,17,20-21,24,26,28,34,37,43,46,60-61,65H,4-7,9-10,13-14,16,18-19,22-23,25,27,29-33,35-36,38-42,44-45,47-59H2,1-3H3,(H,69,70)/b11-8-,15-12-,20-17-,24-21-,28-26-,37-34-,46-43-. The van der Waals surface area contributed by atoms with E-state index in [4.69, 9.17) is 23.3 Å². The second kappa shape index (κ2) is 57.8. The van der Waals surface area contributed by atoms with E-state index in [1.807, 2.05) is 12.2 Å². The number of phosphoric ester groups is 1. The molecule has 0 saturated carbocycles. The van der Waals surface area contributed by atoms with Crippen LogP contribution in [-0.2, 0) is 42.2 Å². The molecule has 11 nitrogen and oxygen atoms in total. The third kappa shape index (κ3) is 55.4. The van der Waals surface area contributed by atoms with Crippen molar-refractivity contribution in [2.75, 3.05) is 26.4 Å². The first-order chi connectivity index (χ1) is 37.2. The van der Waals surface area contributed by atoms with Crippen molar-refractivity contribution >= 4 is 25.7 Å². The molecule has 0 amide bonds. The maximum absolute atomic E-state index is 12.9. The van der Waals surface area contributed by atoms with Crippen molar-refractivity contribution in [1.29, 1.82) is 0 Å². The predicted molar refractivity (Wildman–Crippen MR) is 316 cm³/mol. The molecule has 0 aliphatic carbocycles. The van der Waals surface area contributed by atoms with Gasteiger partial charge in [0.15, 0.2) is 6.10 Å². The molecule has 0 saturated heterocycles. The summed E-state index contributed by atoms with van der Waals surface area (Å²) >= 11 is 0. The molecule has 3 unspecified atom stereocenters. The quantitative estimate of drug-likeness (QED) is 0.0197. The summed E-state index contributed by atoms with van der Waals surface area (Å²) in [6.07, 6.45) is 67.0. The first-order valence-corrected chi connectivity index (χ1v) is 32.0. The smallest absolute Gasteiger partial charge is 0.462 e. The third-order valence-corrected chi connectivity index (χ3v) is 13.7. The summed E-state index contributed by atoms with van der Waals surface area (Å²) < 4.78 is 39.5. The van der Waals surface area contributed by atoms with Crippen LogP contribution in [0.25, 0.3) is 0 Å². The number of esters is 3. The molecule has 0 spiro atoms. The second-order valence-electron chi connectivity index (χ2n) is 20.1. The fourth-order valence-corrected chi connectivity index (χ4v) is 8.98. The minimum absolute atomic E-state index is 0.0873. The Kier molecular flexibility index (Phi) is 55.3. The number of carbonyl (C=O) groups is 3. The molecule has 0 aliphatic rings. The van der Waals surface area contributed by atoms with Crippen molar-refractivity contribution in [3.8, 4) is 0 Å². The van der Waals surface area contributed by atoms with E-state index in [2.05, 4.69) is 93.7 Å². The van der Waals surface area contributed by atoms with Crippen molar-refractivity contribution in [3.05, 3.63) is 85.1 Å². The molecule has 0 rings (SSSR count). The van der Waals surface area contributed by atoms with Crippen LogP contribution in [0.15, 0.2) is 85.1 Å². The Morgan fingerprint density at radius 3 is 1.16 bits per heavy atom. The van der Waals surface area contributed by atoms with E-state index in [0.29, 0.717) is 25.7 Å². The summed E-state index contributed by atoms with van der Waals surface area (Å²) in [4.78, 5) is 48.6. The van der Waals surface area contributed by atoms with E-state index in [-0.39, 0.29) is 25.9 Å². The first-order valence-electron chi connectivity index (χ1n) is 30.5. The van der Waals surface area contributed by atoms with E-state index in [1.165, 1.54) is 96.3 Å². The number of phosphoric acid groups is 1. The summed E-state index contributed by atoms with van der Waals surface area (Å²) in [7, 11) is -4.77. The average molecular weight is 1090 g/mol. The SMILES string of the molecule is CC/C=C\C/C=C\C/C=C\C/C=C\C/C=C\CCCC(=O)OC(COC(=O)CCCCCCCCCCCCCCCCCCCCC)COP(=O)(O)OCC(CO)OC(=O)CCCCCCC/C=C\C/C=C\CCC. The molecular weight excluding hydrogens is 976 g/mol. The van der Waals surface area contributed by atoms with Gasteiger partial charge in [0.05, 0.1) is 19.8 Å². The Balaban J connectivity index is 4.78. The van der Waals surface area contributed by atoms with E-state index in [1.54, 1.807) is 0 Å². The molecule has 12 heteroatoms. The van der Waals surface area contributed by atoms with Gasteiger partial charge in [-0.15, -0.1) is 0 Å². The van der Waals surface area contributed by atoms with Crippen molar-refractivity contribution in [1.82, 2.24) is 0 Å². The topological polar surface area (TPSA) is 155 Å². The van der Waals surface area contributed by atoms with Gasteiger partial charge >= 0.3 is 25.7 Å². The van der Waals surface area contributed by atoms with Gasteiger partial charge in [-0.05, 0) is 83.5 Å². The Labute approximate surface area is 464 Å². The van der Waals surface area contributed by atoms with E-state index < -0.39 is 57.8 Å². The fourth-order valence-electron chi connectivity index (χ4n) is 8.20. The molecule has 2 N–H and O–H groups in total. The summed E-state index contributed by atoms with van der Waals surface area (Å²) in [5.74, 6) is -1.54. The maximum atomic E-state index is 12.9. The van der Waals surface area contributed by atoms with Crippen LogP contribution in [-0.4, -0.2) is 66.5 Å². The molecule has 76 heavy (non-hydrogen) atoms. The highest BCUT2D eigenvalue weighted by molar-refractivity contribution is 7.47. The number of carbonyl (C=O) groups excluding carboxylic acids is 3. The van der Waals surface area contributed by atoms with Gasteiger partial charge in [-0.3, -0.25) is 23.4 Å². The van der Waals surface area contributed by atoms with Crippen molar-refractivity contribution in [2.24, 2.45) is 0 Å². The highest BCUT2D eigenvalue weighted by Crippen LogP contribution is 2.43. The van der Waals surface area contributed by atoms with Gasteiger partial charge in [-0.1, -0.05) is 247 Å². The van der Waals surface area contributed by atoms with Gasteiger partial charge in [0.2, 0.25) is 0 Å². The number of hydrogen-bond acceptors (Lipinski definition) is 10. The monoisotopic (exact) mass is 1090 g/mol. The van der Waals surface area contributed by atoms with Crippen LogP contribution in [0, 0.1) is 0 Å². The van der Waals surface area contributed by atoms with E-state index in [9.17, 15) is 28.9 Å². The lowest BCUT2D eigenvalue weighted by atomic mass is 10.0. The molecule has 438 valence electrons. The first kappa shape index (κ1) is 72.7. The molecule has 0 aromatic rings. The average Bonchev–Trinajstić information content (AvgIpc) is 3.41. The summed E-state index contributed by atoms with van der Waals surface area (Å²) in [6.45, 7) is 4.41. The Hall–Kier alpha value is -3.34. The summed E-state index contributed by atoms with van der Waals surface area (Å²) in [5, 5.41) is 9.81. The zero-order valence-electron chi connectivity index (χ0n) is 48.5. The molecule has 0 radical (unpaired) electrons. The van der Waals surface area contributed by atoms with Crippen LogP contribution in [0.3, 0.4) is 0 Å². The summed E-state index contributed by atoms with van der Waals surface area (Å²) in [5.41, 5.74) is 0. The molecule has 0 heterocycles. The molecule has 0 aromatic carbocycles. The Morgan fingerprint density at radius 1 is 0.382 bits per heavy atom. The molecule has 0 aliphatic heterocycles. The van der Waals surface area contributed by atoms with Crippen LogP contribution in [0.2, 0.25) is 0 Å². The lowest BCUT2D eigenvalue weighted by Gasteiger charge is -2.21. The third-order valence-electron chi connectivity index (χ3n) is 12.8. The van der Waals surface area contributed by atoms with Crippen molar-refractivity contribution < 1.29 is 52.2 Å². The maximum Gasteiger partial charge on any atom is 0.472 e. The number of rotatable bonds is 56. The van der Waals surface area contributed by atoms with E-state index in [0.717, 1.165) is 103 Å². The number of aliphatic hydroxyl groups excluding tert-OH is 1. The van der Waals surface area contributed by atoms with Gasteiger partial charge in [0, 0.05) is 19.3 Å². The molecule has 0 bridgehead atoms. The van der Waals surface area contributed by atoms with Crippen LogP contribution < -0.4 is 0 Å². The number of ether oxygens (including phenoxy) is 3. The normalized spacial score (nSPS) is 13.9. The Morgan fingerprint density at radius 2 is 0.724 bits per heavy atom. The van der Waals surface area contributed by atoms with Crippen LogP contribution in [0.4, 0.5) is 0 Å². The molecule has 0 aromatic heterocycles. The highest BCUT2D eigenvalue weighted by Gasteiger charge is 2.28. The number of allylic oxidation sites excluding steroid dienone is 14. The predicted octanol–water partition coefficient (Wildman–Crippen LogP) is 18.3. The van der Waals surface area contributed by atoms with Crippen LogP contribution in [0.1, 0.15) is 265 Å². The number of aliphatic hydroxyl groups is 1. The van der Waals surface area contributed by atoms with Crippen molar-refractivity contribution in [2.45, 2.75) is 277 Å². The fraction of sp³-hybridized carbons (Fsp3) is 0.734. The van der Waals surface area contributed by atoms with Gasteiger partial charge in [0.25, 0.3) is 0 Å². The summed E-state index contributed by atoms with van der Waals surface area (Å²) in [6, 6.07) is 0. The van der Waals surface area contributed by atoms with E-state index >= 15 is 0 Å². The highest BCUT2D eigenvalue weighted by atomic mass is 31.2. The lowest BCUT2D eigenvalue weighted by molar-refractivity contribution is -0.161. The zero-order valence-corrected chi connectivity index (χ0v) is 49.3. The Bertz CT molecular complexity index is 1600. The van der Waals surface area contributed by atoms with Gasteiger partial charge in [-0.2, -0.15) is 0 Å². The minimum atomic E-state index is -4.77. The molecule has 3 atom stereocenters. The van der Waals surface area contributed by atoms with Gasteiger partial charge in [-0.25, -0.2) is 4.57 Å².